The van der Waals surface area contributed by atoms with Gasteiger partial charge < -0.3 is 11.1 Å². The molecule has 5 nitrogen and oxygen atoms in total. The number of hydrogen-bond donors (Lipinski definition) is 2. The van der Waals surface area contributed by atoms with Gasteiger partial charge in [-0.25, -0.2) is 4.79 Å². The molecule has 0 aliphatic carbocycles. The van der Waals surface area contributed by atoms with Gasteiger partial charge in [-0.15, -0.1) is 0 Å². The van der Waals surface area contributed by atoms with Crippen LogP contribution in [-0.4, -0.2) is 29.9 Å². The minimum absolute atomic E-state index is 0.0429. The van der Waals surface area contributed by atoms with Gasteiger partial charge in [0.25, 0.3) is 5.91 Å². The summed E-state index contributed by atoms with van der Waals surface area (Å²) in [6, 6.07) is 8.96. The van der Waals surface area contributed by atoms with Crippen molar-refractivity contribution in [2.24, 2.45) is 5.73 Å². The van der Waals surface area contributed by atoms with E-state index in [1.54, 1.807) is 6.92 Å². The lowest BCUT2D eigenvalue weighted by molar-refractivity contribution is -0.129. The Hall–Kier alpha value is -1.88. The Morgan fingerprint density at radius 3 is 2.47 bits per heavy atom. The van der Waals surface area contributed by atoms with E-state index in [0.717, 1.165) is 5.56 Å². The normalized spacial score (nSPS) is 19.1. The molecule has 0 bridgehead atoms. The molecule has 3 N–H and O–H groups in total. The van der Waals surface area contributed by atoms with Crippen LogP contribution in [0.4, 0.5) is 4.79 Å². The molecule has 1 aliphatic rings. The van der Waals surface area contributed by atoms with Crippen molar-refractivity contribution in [3.05, 3.63) is 35.9 Å². The standard InChI is InChI=1S/C12H15N3O2/c1-12(8-13,9-5-3-2-4-6-9)15-10(16)7-14-11(15)17/h2-6H,7-8,13H2,1H3,(H,14,17). The fourth-order valence-corrected chi connectivity index (χ4v) is 2.06. The van der Waals surface area contributed by atoms with Crippen LogP contribution in [0.15, 0.2) is 30.3 Å². The zero-order valence-electron chi connectivity index (χ0n) is 9.64. The molecule has 1 aliphatic heterocycles. The second-order valence-electron chi connectivity index (χ2n) is 4.23. The lowest BCUT2D eigenvalue weighted by atomic mass is 9.90. The average Bonchev–Trinajstić information content (AvgIpc) is 2.70. The highest BCUT2D eigenvalue weighted by Gasteiger charge is 2.43. The van der Waals surface area contributed by atoms with Crippen LogP contribution in [0.3, 0.4) is 0 Å². The number of amides is 3. The Morgan fingerprint density at radius 2 is 2.00 bits per heavy atom. The van der Waals surface area contributed by atoms with E-state index in [4.69, 9.17) is 5.73 Å². The summed E-state index contributed by atoms with van der Waals surface area (Å²) in [5, 5.41) is 2.51. The van der Waals surface area contributed by atoms with E-state index in [-0.39, 0.29) is 25.0 Å². The molecular formula is C12H15N3O2. The molecule has 90 valence electrons. The summed E-state index contributed by atoms with van der Waals surface area (Å²) in [6.07, 6.45) is 0. The first-order valence-corrected chi connectivity index (χ1v) is 5.46. The molecule has 1 fully saturated rings. The fourth-order valence-electron chi connectivity index (χ4n) is 2.06. The molecule has 2 rings (SSSR count). The van der Waals surface area contributed by atoms with E-state index >= 15 is 0 Å². The number of carbonyl (C=O) groups is 2. The third-order valence-electron chi connectivity index (χ3n) is 3.13. The van der Waals surface area contributed by atoms with Gasteiger partial charge in [0.15, 0.2) is 0 Å². The highest BCUT2D eigenvalue weighted by atomic mass is 16.2. The fraction of sp³-hybridized carbons (Fsp3) is 0.333. The predicted octanol–water partition coefficient (Wildman–Crippen LogP) is 0.412. The summed E-state index contributed by atoms with van der Waals surface area (Å²) < 4.78 is 0. The van der Waals surface area contributed by atoms with E-state index in [1.165, 1.54) is 4.90 Å². The maximum absolute atomic E-state index is 11.8. The summed E-state index contributed by atoms with van der Waals surface area (Å²) in [7, 11) is 0. The highest BCUT2D eigenvalue weighted by Crippen LogP contribution is 2.28. The van der Waals surface area contributed by atoms with Gasteiger partial charge >= 0.3 is 6.03 Å². The molecule has 3 amide bonds. The van der Waals surface area contributed by atoms with E-state index in [1.807, 2.05) is 30.3 Å². The van der Waals surface area contributed by atoms with Crippen molar-refractivity contribution in [3.8, 4) is 0 Å². The molecule has 1 unspecified atom stereocenters. The molecule has 0 saturated carbocycles. The second kappa shape index (κ2) is 4.18. The Kier molecular flexibility index (Phi) is 2.85. The van der Waals surface area contributed by atoms with Crippen LogP contribution < -0.4 is 11.1 Å². The van der Waals surface area contributed by atoms with Gasteiger partial charge in [0, 0.05) is 6.54 Å². The summed E-state index contributed by atoms with van der Waals surface area (Å²) in [5.74, 6) is -0.244. The summed E-state index contributed by atoms with van der Waals surface area (Å²) in [5.41, 5.74) is 5.83. The summed E-state index contributed by atoms with van der Waals surface area (Å²) >= 11 is 0. The maximum Gasteiger partial charge on any atom is 0.325 e. The average molecular weight is 233 g/mol. The van der Waals surface area contributed by atoms with Gasteiger partial charge in [-0.2, -0.15) is 0 Å². The van der Waals surface area contributed by atoms with E-state index in [0.29, 0.717) is 0 Å². The Bertz CT molecular complexity index is 430. The van der Waals surface area contributed by atoms with Crippen molar-refractivity contribution < 1.29 is 9.59 Å². The summed E-state index contributed by atoms with van der Waals surface area (Å²) in [6.45, 7) is 2.03. The van der Waals surface area contributed by atoms with Gasteiger partial charge in [0.2, 0.25) is 0 Å². The zero-order chi connectivity index (χ0) is 12.5. The molecule has 5 heteroatoms. The van der Waals surface area contributed by atoms with Crippen LogP contribution in [0.5, 0.6) is 0 Å². The molecule has 0 spiro atoms. The number of nitrogens with two attached hydrogens (primary N) is 1. The Labute approximate surface area is 99.6 Å². The largest absolute Gasteiger partial charge is 0.329 e. The van der Waals surface area contributed by atoms with Crippen LogP contribution in [0.2, 0.25) is 0 Å². The van der Waals surface area contributed by atoms with Crippen molar-refractivity contribution in [1.29, 1.82) is 0 Å². The van der Waals surface area contributed by atoms with E-state index < -0.39 is 5.54 Å². The van der Waals surface area contributed by atoms with Crippen LogP contribution in [0, 0.1) is 0 Å². The first-order valence-electron chi connectivity index (χ1n) is 5.46. The van der Waals surface area contributed by atoms with Crippen LogP contribution >= 0.6 is 0 Å². The topological polar surface area (TPSA) is 75.4 Å². The number of carbonyl (C=O) groups excluding carboxylic acids is 2. The number of rotatable bonds is 3. The van der Waals surface area contributed by atoms with Gasteiger partial charge in [0.1, 0.15) is 0 Å². The minimum atomic E-state index is -0.793. The smallest absolute Gasteiger partial charge is 0.325 e. The molecule has 0 radical (unpaired) electrons. The number of benzene rings is 1. The number of hydrogen-bond acceptors (Lipinski definition) is 3. The summed E-state index contributed by atoms with van der Waals surface area (Å²) in [4.78, 5) is 24.7. The number of urea groups is 1. The molecule has 1 aromatic carbocycles. The van der Waals surface area contributed by atoms with E-state index in [2.05, 4.69) is 5.32 Å². The van der Waals surface area contributed by atoms with Crippen molar-refractivity contribution in [3.63, 3.8) is 0 Å². The highest BCUT2D eigenvalue weighted by molar-refractivity contribution is 6.02. The van der Waals surface area contributed by atoms with Gasteiger partial charge in [-0.05, 0) is 12.5 Å². The molecule has 1 heterocycles. The lowest BCUT2D eigenvalue weighted by Crippen LogP contribution is -2.52. The lowest BCUT2D eigenvalue weighted by Gasteiger charge is -2.35. The molecule has 17 heavy (non-hydrogen) atoms. The molecule has 0 aromatic heterocycles. The number of nitrogens with zero attached hydrogens (tertiary/aromatic N) is 1. The molecule has 1 saturated heterocycles. The van der Waals surface area contributed by atoms with Crippen LogP contribution in [-0.2, 0) is 10.3 Å². The van der Waals surface area contributed by atoms with Crippen molar-refractivity contribution in [1.82, 2.24) is 10.2 Å². The quantitative estimate of drug-likeness (QED) is 0.742. The SMILES string of the molecule is CC(CN)(c1ccccc1)N1C(=O)CNC1=O. The van der Waals surface area contributed by atoms with Crippen molar-refractivity contribution in [2.75, 3.05) is 13.1 Å². The molecular weight excluding hydrogens is 218 g/mol. The minimum Gasteiger partial charge on any atom is -0.329 e. The van der Waals surface area contributed by atoms with Crippen molar-refractivity contribution in [2.45, 2.75) is 12.5 Å². The maximum atomic E-state index is 11.8. The number of nitrogens with one attached hydrogen (secondary N) is 1. The van der Waals surface area contributed by atoms with Crippen molar-refractivity contribution >= 4 is 11.9 Å². The van der Waals surface area contributed by atoms with E-state index in [9.17, 15) is 9.59 Å². The number of imide groups is 1. The van der Waals surface area contributed by atoms with Crippen LogP contribution in [0.1, 0.15) is 12.5 Å². The third-order valence-corrected chi connectivity index (χ3v) is 3.13. The predicted molar refractivity (Wildman–Crippen MR) is 63.1 cm³/mol. The monoisotopic (exact) mass is 233 g/mol. The Balaban J connectivity index is 2.44. The molecule has 1 aromatic rings. The second-order valence-corrected chi connectivity index (χ2v) is 4.23. The zero-order valence-corrected chi connectivity index (χ0v) is 9.64. The molecule has 1 atom stereocenters. The van der Waals surface area contributed by atoms with Gasteiger partial charge in [0.05, 0.1) is 12.1 Å². The van der Waals surface area contributed by atoms with Gasteiger partial charge in [-0.1, -0.05) is 30.3 Å². The van der Waals surface area contributed by atoms with Gasteiger partial charge in [-0.3, -0.25) is 9.69 Å². The Morgan fingerprint density at radius 1 is 1.35 bits per heavy atom. The van der Waals surface area contributed by atoms with Crippen LogP contribution in [0.25, 0.3) is 0 Å². The third kappa shape index (κ3) is 1.78. The first-order chi connectivity index (χ1) is 8.09. The first kappa shape index (κ1) is 11.6.